The number of anilines is 1. The summed E-state index contributed by atoms with van der Waals surface area (Å²) in [5, 5.41) is 6.83. The van der Waals surface area contributed by atoms with Gasteiger partial charge in [0.1, 0.15) is 0 Å². The van der Waals surface area contributed by atoms with Gasteiger partial charge in [-0.05, 0) is 50.6 Å². The Hall–Kier alpha value is -3.08. The molecule has 0 radical (unpaired) electrons. The van der Waals surface area contributed by atoms with E-state index in [-0.39, 0.29) is 23.8 Å². The number of benzene rings is 2. The molecular formula is C21H23N3O2. The Morgan fingerprint density at radius 1 is 1.04 bits per heavy atom. The Balaban J connectivity index is 1.70. The van der Waals surface area contributed by atoms with Crippen molar-refractivity contribution < 1.29 is 9.59 Å². The summed E-state index contributed by atoms with van der Waals surface area (Å²) >= 11 is 0. The number of para-hydroxylation sites is 1. The van der Waals surface area contributed by atoms with E-state index < -0.39 is 0 Å². The zero-order chi connectivity index (χ0) is 18.7. The maximum Gasteiger partial charge on any atom is 0.251 e. The lowest BCUT2D eigenvalue weighted by molar-refractivity contribution is -0.115. The number of carbonyl (C=O) groups excluding carboxylic acids is 2. The van der Waals surface area contributed by atoms with Gasteiger partial charge in [0, 0.05) is 33.9 Å². The van der Waals surface area contributed by atoms with Crippen LogP contribution < -0.4 is 10.6 Å². The molecule has 3 N–H and O–H groups in total. The molecule has 0 aliphatic carbocycles. The Kier molecular flexibility index (Phi) is 4.80. The number of aromatic nitrogens is 1. The highest BCUT2D eigenvalue weighted by atomic mass is 16.2. The second-order valence-corrected chi connectivity index (χ2v) is 7.37. The van der Waals surface area contributed by atoms with E-state index in [4.69, 9.17) is 0 Å². The SMILES string of the molecule is CC(C)(C)NC(=O)c1cccc(NC(=O)Cc2c[nH]c3ccccc23)c1. The van der Waals surface area contributed by atoms with Gasteiger partial charge in [-0.3, -0.25) is 9.59 Å². The van der Waals surface area contributed by atoms with E-state index in [0.29, 0.717) is 11.3 Å². The Morgan fingerprint density at radius 2 is 1.81 bits per heavy atom. The summed E-state index contributed by atoms with van der Waals surface area (Å²) < 4.78 is 0. The zero-order valence-corrected chi connectivity index (χ0v) is 15.2. The molecule has 1 heterocycles. The summed E-state index contributed by atoms with van der Waals surface area (Å²) in [7, 11) is 0. The van der Waals surface area contributed by atoms with Crippen LogP contribution in [0.4, 0.5) is 5.69 Å². The number of rotatable bonds is 4. The van der Waals surface area contributed by atoms with Crippen LogP contribution in [0.2, 0.25) is 0 Å². The summed E-state index contributed by atoms with van der Waals surface area (Å²) in [6.07, 6.45) is 2.12. The average Bonchev–Trinajstić information content (AvgIpc) is 2.96. The lowest BCUT2D eigenvalue weighted by Crippen LogP contribution is -2.40. The van der Waals surface area contributed by atoms with Crippen molar-refractivity contribution in [3.63, 3.8) is 0 Å². The van der Waals surface area contributed by atoms with E-state index in [0.717, 1.165) is 16.5 Å². The molecule has 0 bridgehead atoms. The number of amides is 2. The van der Waals surface area contributed by atoms with Gasteiger partial charge in [-0.15, -0.1) is 0 Å². The van der Waals surface area contributed by atoms with E-state index in [1.54, 1.807) is 24.3 Å². The Bertz CT molecular complexity index is 951. The molecule has 0 spiro atoms. The summed E-state index contributed by atoms with van der Waals surface area (Å²) in [6.45, 7) is 5.78. The molecule has 0 aliphatic rings. The average molecular weight is 349 g/mol. The quantitative estimate of drug-likeness (QED) is 0.669. The first kappa shape index (κ1) is 17.7. The van der Waals surface area contributed by atoms with E-state index in [1.165, 1.54) is 0 Å². The minimum atomic E-state index is -0.314. The number of fused-ring (bicyclic) bond motifs is 1. The lowest BCUT2D eigenvalue weighted by atomic mass is 10.1. The molecule has 5 heteroatoms. The number of carbonyl (C=O) groups is 2. The van der Waals surface area contributed by atoms with Gasteiger partial charge in [0.05, 0.1) is 6.42 Å². The molecule has 3 aromatic rings. The molecule has 3 rings (SSSR count). The van der Waals surface area contributed by atoms with Crippen molar-refractivity contribution >= 4 is 28.4 Å². The largest absolute Gasteiger partial charge is 0.361 e. The minimum absolute atomic E-state index is 0.122. The first-order valence-corrected chi connectivity index (χ1v) is 8.59. The van der Waals surface area contributed by atoms with E-state index in [9.17, 15) is 9.59 Å². The van der Waals surface area contributed by atoms with Gasteiger partial charge in [-0.25, -0.2) is 0 Å². The number of hydrogen-bond donors (Lipinski definition) is 3. The molecule has 0 unspecified atom stereocenters. The minimum Gasteiger partial charge on any atom is -0.361 e. The van der Waals surface area contributed by atoms with E-state index in [1.807, 2.05) is 51.2 Å². The first-order valence-electron chi connectivity index (χ1n) is 8.59. The van der Waals surface area contributed by atoms with Gasteiger partial charge in [-0.1, -0.05) is 24.3 Å². The first-order chi connectivity index (χ1) is 12.3. The van der Waals surface area contributed by atoms with Gasteiger partial charge in [0.15, 0.2) is 0 Å². The summed E-state index contributed by atoms with van der Waals surface area (Å²) in [5.74, 6) is -0.284. The lowest BCUT2D eigenvalue weighted by Gasteiger charge is -2.20. The molecule has 1 aromatic heterocycles. The van der Waals surface area contributed by atoms with Crippen molar-refractivity contribution in [2.24, 2.45) is 0 Å². The molecule has 2 aromatic carbocycles. The fraction of sp³-hybridized carbons (Fsp3) is 0.238. The van der Waals surface area contributed by atoms with Crippen molar-refractivity contribution in [2.45, 2.75) is 32.7 Å². The molecule has 0 fully saturated rings. The van der Waals surface area contributed by atoms with Gasteiger partial charge in [0.25, 0.3) is 5.91 Å². The maximum atomic E-state index is 12.4. The fourth-order valence-electron chi connectivity index (χ4n) is 2.81. The highest BCUT2D eigenvalue weighted by Crippen LogP contribution is 2.19. The molecule has 134 valence electrons. The molecule has 5 nitrogen and oxygen atoms in total. The molecule has 2 amide bonds. The molecular weight excluding hydrogens is 326 g/mol. The summed E-state index contributed by atoms with van der Waals surface area (Å²) in [6, 6.07) is 14.8. The van der Waals surface area contributed by atoms with Crippen LogP contribution >= 0.6 is 0 Å². The molecule has 0 saturated heterocycles. The smallest absolute Gasteiger partial charge is 0.251 e. The van der Waals surface area contributed by atoms with Crippen molar-refractivity contribution in [3.05, 3.63) is 65.9 Å². The molecule has 0 aliphatic heterocycles. The van der Waals surface area contributed by atoms with Crippen LogP contribution in [-0.4, -0.2) is 22.3 Å². The third-order valence-electron chi connectivity index (χ3n) is 3.92. The van der Waals surface area contributed by atoms with Crippen molar-refractivity contribution in [2.75, 3.05) is 5.32 Å². The monoisotopic (exact) mass is 349 g/mol. The number of hydrogen-bond acceptors (Lipinski definition) is 2. The molecule has 0 atom stereocenters. The standard InChI is InChI=1S/C21H23N3O2/c1-21(2,3)24-20(26)14-7-6-8-16(11-14)23-19(25)12-15-13-22-18-10-5-4-9-17(15)18/h4-11,13,22H,12H2,1-3H3,(H,23,25)(H,24,26). The van der Waals surface area contributed by atoms with Gasteiger partial charge in [0.2, 0.25) is 5.91 Å². The van der Waals surface area contributed by atoms with Crippen LogP contribution in [0.25, 0.3) is 10.9 Å². The second kappa shape index (κ2) is 7.04. The third kappa shape index (κ3) is 4.30. The van der Waals surface area contributed by atoms with Crippen LogP contribution in [0.1, 0.15) is 36.7 Å². The van der Waals surface area contributed by atoms with E-state index >= 15 is 0 Å². The van der Waals surface area contributed by atoms with Gasteiger partial charge < -0.3 is 15.6 Å². The van der Waals surface area contributed by atoms with E-state index in [2.05, 4.69) is 15.6 Å². The predicted molar refractivity (Wildman–Crippen MR) is 104 cm³/mol. The number of nitrogens with one attached hydrogen (secondary N) is 3. The van der Waals surface area contributed by atoms with Crippen LogP contribution in [0.3, 0.4) is 0 Å². The number of aromatic amines is 1. The zero-order valence-electron chi connectivity index (χ0n) is 15.2. The molecule has 26 heavy (non-hydrogen) atoms. The Labute approximate surface area is 152 Å². The fourth-order valence-corrected chi connectivity index (χ4v) is 2.81. The summed E-state index contributed by atoms with van der Waals surface area (Å²) in [5.41, 5.74) is 2.77. The second-order valence-electron chi connectivity index (χ2n) is 7.37. The normalized spacial score (nSPS) is 11.3. The predicted octanol–water partition coefficient (Wildman–Crippen LogP) is 3.88. The number of H-pyrrole nitrogens is 1. The van der Waals surface area contributed by atoms with Crippen LogP contribution in [-0.2, 0) is 11.2 Å². The highest BCUT2D eigenvalue weighted by Gasteiger charge is 2.16. The summed E-state index contributed by atoms with van der Waals surface area (Å²) in [4.78, 5) is 27.9. The van der Waals surface area contributed by atoms with Gasteiger partial charge in [-0.2, -0.15) is 0 Å². The van der Waals surface area contributed by atoms with Gasteiger partial charge >= 0.3 is 0 Å². The Morgan fingerprint density at radius 3 is 2.58 bits per heavy atom. The van der Waals surface area contributed by atoms with Crippen molar-refractivity contribution in [1.82, 2.24) is 10.3 Å². The maximum absolute atomic E-state index is 12.4. The van der Waals surface area contributed by atoms with Crippen molar-refractivity contribution in [3.8, 4) is 0 Å². The molecule has 0 saturated carbocycles. The highest BCUT2D eigenvalue weighted by molar-refractivity contribution is 5.99. The third-order valence-corrected chi connectivity index (χ3v) is 3.92. The van der Waals surface area contributed by atoms with Crippen LogP contribution in [0.5, 0.6) is 0 Å². The van der Waals surface area contributed by atoms with Crippen LogP contribution in [0, 0.1) is 0 Å². The van der Waals surface area contributed by atoms with Crippen LogP contribution in [0.15, 0.2) is 54.7 Å². The van der Waals surface area contributed by atoms with Crippen molar-refractivity contribution in [1.29, 1.82) is 0 Å². The topological polar surface area (TPSA) is 74.0 Å².